The smallest absolute Gasteiger partial charge is 0.334 e. The van der Waals surface area contributed by atoms with Crippen molar-refractivity contribution in [1.29, 1.82) is 0 Å². The van der Waals surface area contributed by atoms with Crippen LogP contribution in [0.15, 0.2) is 163 Å². The summed E-state index contributed by atoms with van der Waals surface area (Å²) in [6.45, 7) is 11.1. The topological polar surface area (TPSA) is 65.7 Å². The van der Waals surface area contributed by atoms with E-state index in [1.54, 1.807) is 26.4 Å². The molecule has 238 valence electrons. The second kappa shape index (κ2) is 11.2. The van der Waals surface area contributed by atoms with Crippen LogP contribution in [-0.2, 0) is 30.3 Å². The molecular weight excluding hydrogens is 608 g/mol. The van der Waals surface area contributed by atoms with E-state index in [1.807, 2.05) is 78.9 Å². The van der Waals surface area contributed by atoms with Gasteiger partial charge in [-0.15, -0.1) is 0 Å². The largest absolute Gasteiger partial charge is 0.472 e. The van der Waals surface area contributed by atoms with Gasteiger partial charge in [0, 0.05) is 44.5 Å². The molecule has 2 aliphatic rings. The van der Waals surface area contributed by atoms with E-state index in [0.717, 1.165) is 61.2 Å². The van der Waals surface area contributed by atoms with Gasteiger partial charge in [-0.3, -0.25) is 0 Å². The van der Waals surface area contributed by atoms with Crippen molar-refractivity contribution in [3.05, 3.63) is 192 Å². The van der Waals surface area contributed by atoms with Gasteiger partial charge in [-0.25, -0.2) is 9.59 Å². The van der Waals surface area contributed by atoms with Crippen molar-refractivity contribution in [1.82, 2.24) is 0 Å². The Kier molecular flexibility index (Phi) is 6.90. The van der Waals surface area contributed by atoms with Gasteiger partial charge in [0.1, 0.15) is 0 Å². The third-order valence-electron chi connectivity index (χ3n) is 9.62. The first kappa shape index (κ1) is 30.2. The maximum absolute atomic E-state index is 13.4. The molecule has 0 saturated carbocycles. The van der Waals surface area contributed by atoms with Crippen LogP contribution >= 0.6 is 0 Å². The van der Waals surface area contributed by atoms with Gasteiger partial charge >= 0.3 is 11.9 Å². The van der Waals surface area contributed by atoms with E-state index < -0.39 is 23.1 Å². The van der Waals surface area contributed by atoms with Gasteiger partial charge < -0.3 is 13.9 Å². The fourth-order valence-corrected chi connectivity index (χ4v) is 7.39. The molecule has 2 aliphatic carbocycles. The Hall–Kier alpha value is -6.20. The monoisotopic (exact) mass is 640 g/mol. The number of carbonyl (C=O) groups is 2. The van der Waals surface area contributed by atoms with Crippen molar-refractivity contribution in [2.45, 2.75) is 25.0 Å². The van der Waals surface area contributed by atoms with Gasteiger partial charge in [-0.1, -0.05) is 116 Å². The highest BCUT2D eigenvalue weighted by Crippen LogP contribution is 2.56. The average Bonchev–Trinajstić information content (AvgIpc) is 3.83. The zero-order chi connectivity index (χ0) is 33.9. The van der Waals surface area contributed by atoms with Crippen molar-refractivity contribution < 1.29 is 23.5 Å². The molecule has 49 heavy (non-hydrogen) atoms. The standard InChI is InChI=1S/C44H32O5/c1-27(2)41(45)48-43(31-12-6-5-7-13-31)37-16-10-8-14-33(37)35-20-18-29(24-39(35)43)30-19-21-36-34-15-9-11-17-38(34)44(40(36)25-30,32-22-23-47-26-32)49-42(46)28(3)4/h5-26H,1,3H2,2,4H3. The summed E-state index contributed by atoms with van der Waals surface area (Å²) in [5, 5.41) is 0. The fourth-order valence-electron chi connectivity index (χ4n) is 7.39. The van der Waals surface area contributed by atoms with E-state index in [-0.39, 0.29) is 0 Å². The van der Waals surface area contributed by atoms with Crippen molar-refractivity contribution in [2.24, 2.45) is 0 Å². The van der Waals surface area contributed by atoms with Crippen LogP contribution in [-0.4, -0.2) is 11.9 Å². The number of hydrogen-bond donors (Lipinski definition) is 0. The van der Waals surface area contributed by atoms with Crippen LogP contribution in [0.3, 0.4) is 0 Å². The Morgan fingerprint density at radius 1 is 0.531 bits per heavy atom. The maximum Gasteiger partial charge on any atom is 0.334 e. The van der Waals surface area contributed by atoms with Crippen LogP contribution in [0, 0.1) is 0 Å². The molecule has 0 radical (unpaired) electrons. The second-order valence-corrected chi connectivity index (χ2v) is 12.7. The molecule has 5 nitrogen and oxygen atoms in total. The van der Waals surface area contributed by atoms with Crippen LogP contribution in [0.1, 0.15) is 47.2 Å². The van der Waals surface area contributed by atoms with Crippen LogP contribution in [0.2, 0.25) is 0 Å². The third-order valence-corrected chi connectivity index (χ3v) is 9.62. The molecule has 0 aliphatic heterocycles. The first-order chi connectivity index (χ1) is 23.8. The van der Waals surface area contributed by atoms with E-state index in [0.29, 0.717) is 16.7 Å². The summed E-state index contributed by atoms with van der Waals surface area (Å²) in [5.41, 5.74) is 8.79. The van der Waals surface area contributed by atoms with E-state index in [2.05, 4.69) is 55.6 Å². The highest BCUT2D eigenvalue weighted by molar-refractivity contribution is 5.93. The fraction of sp³-hybridized carbons (Fsp3) is 0.0909. The number of benzene rings is 5. The minimum atomic E-state index is -1.26. The normalized spacial score (nSPS) is 18.1. The molecule has 0 fully saturated rings. The Labute approximate surface area is 284 Å². The molecule has 6 aromatic rings. The highest BCUT2D eigenvalue weighted by atomic mass is 16.6. The molecule has 0 amide bonds. The van der Waals surface area contributed by atoms with Gasteiger partial charge in [-0.2, -0.15) is 0 Å². The van der Waals surface area contributed by atoms with Crippen LogP contribution in [0.25, 0.3) is 33.4 Å². The van der Waals surface area contributed by atoms with E-state index in [4.69, 9.17) is 13.9 Å². The molecule has 5 heteroatoms. The maximum atomic E-state index is 13.4. The van der Waals surface area contributed by atoms with E-state index in [9.17, 15) is 9.59 Å². The summed E-state index contributed by atoms with van der Waals surface area (Å²) < 4.78 is 18.6. The summed E-state index contributed by atoms with van der Waals surface area (Å²) in [6, 6.07) is 40.2. The lowest BCUT2D eigenvalue weighted by atomic mass is 9.82. The van der Waals surface area contributed by atoms with Gasteiger partial charge in [-0.05, 0) is 65.4 Å². The number of rotatable bonds is 7. The van der Waals surface area contributed by atoms with Crippen molar-refractivity contribution >= 4 is 11.9 Å². The molecular formula is C44H32O5. The van der Waals surface area contributed by atoms with Crippen LogP contribution in [0.4, 0.5) is 0 Å². The van der Waals surface area contributed by atoms with Crippen LogP contribution < -0.4 is 0 Å². The number of furan rings is 1. The average molecular weight is 641 g/mol. The second-order valence-electron chi connectivity index (χ2n) is 12.7. The van der Waals surface area contributed by atoms with Crippen molar-refractivity contribution in [3.63, 3.8) is 0 Å². The summed E-state index contributed by atoms with van der Waals surface area (Å²) in [7, 11) is 0. The van der Waals surface area contributed by atoms with Gasteiger partial charge in [0.25, 0.3) is 0 Å². The molecule has 2 atom stereocenters. The summed E-state index contributed by atoms with van der Waals surface area (Å²) >= 11 is 0. The lowest BCUT2D eigenvalue weighted by molar-refractivity contribution is -0.149. The lowest BCUT2D eigenvalue weighted by Gasteiger charge is -2.33. The first-order valence-corrected chi connectivity index (χ1v) is 16.1. The Morgan fingerprint density at radius 3 is 1.45 bits per heavy atom. The molecule has 0 N–H and O–H groups in total. The molecule has 0 spiro atoms. The predicted octanol–water partition coefficient (Wildman–Crippen LogP) is 9.73. The van der Waals surface area contributed by atoms with Gasteiger partial charge in [0.05, 0.1) is 12.5 Å². The zero-order valence-electron chi connectivity index (χ0n) is 27.2. The Bertz CT molecular complexity index is 2330. The van der Waals surface area contributed by atoms with Crippen molar-refractivity contribution in [2.75, 3.05) is 0 Å². The van der Waals surface area contributed by atoms with Crippen molar-refractivity contribution in [3.8, 4) is 33.4 Å². The molecule has 0 saturated heterocycles. The first-order valence-electron chi connectivity index (χ1n) is 16.1. The molecule has 2 unspecified atom stereocenters. The zero-order valence-corrected chi connectivity index (χ0v) is 27.2. The SMILES string of the molecule is C=C(C)C(=O)OC1(c2ccccc2)c2ccccc2-c2ccc(-c3ccc4c(c3)C(OC(=O)C(=C)C)(c3ccoc3)c3ccccc3-4)cc21. The lowest BCUT2D eigenvalue weighted by Crippen LogP contribution is -2.33. The van der Waals surface area contributed by atoms with E-state index >= 15 is 0 Å². The Morgan fingerprint density at radius 2 is 0.980 bits per heavy atom. The molecule has 1 heterocycles. The number of esters is 2. The van der Waals surface area contributed by atoms with Gasteiger partial charge in [0.15, 0.2) is 11.2 Å². The number of ether oxygens (including phenoxy) is 2. The van der Waals surface area contributed by atoms with Crippen LogP contribution in [0.5, 0.6) is 0 Å². The van der Waals surface area contributed by atoms with E-state index in [1.165, 1.54) is 0 Å². The molecule has 0 bridgehead atoms. The number of hydrogen-bond acceptors (Lipinski definition) is 5. The molecule has 1 aromatic heterocycles. The molecule has 8 rings (SSSR count). The predicted molar refractivity (Wildman–Crippen MR) is 189 cm³/mol. The highest BCUT2D eigenvalue weighted by Gasteiger charge is 2.50. The molecule has 5 aromatic carbocycles. The third kappa shape index (κ3) is 4.39. The Balaban J connectivity index is 1.36. The van der Waals surface area contributed by atoms with Gasteiger partial charge in [0.2, 0.25) is 0 Å². The summed E-state index contributed by atoms with van der Waals surface area (Å²) in [5.74, 6) is -0.979. The minimum Gasteiger partial charge on any atom is -0.472 e. The quantitative estimate of drug-likeness (QED) is 0.128. The number of fused-ring (bicyclic) bond motifs is 6. The minimum absolute atomic E-state index is 0.296. The number of carbonyl (C=O) groups excluding carboxylic acids is 2. The summed E-state index contributed by atoms with van der Waals surface area (Å²) in [6.07, 6.45) is 3.21. The summed E-state index contributed by atoms with van der Waals surface area (Å²) in [4.78, 5) is 26.8.